The summed E-state index contributed by atoms with van der Waals surface area (Å²) in [6.07, 6.45) is 2.97. The molecule has 4 rings (SSSR count). The Bertz CT molecular complexity index is 1120. The number of likely N-dealkylation sites (tertiary alicyclic amines) is 1. The molecule has 2 N–H and O–H groups in total. The highest BCUT2D eigenvalue weighted by Gasteiger charge is 2.24. The summed E-state index contributed by atoms with van der Waals surface area (Å²) in [5.41, 5.74) is 2.51. The van der Waals surface area contributed by atoms with E-state index in [4.69, 9.17) is 4.74 Å². The van der Waals surface area contributed by atoms with Crippen molar-refractivity contribution in [3.05, 3.63) is 70.4 Å². The highest BCUT2D eigenvalue weighted by molar-refractivity contribution is 5.88. The molecule has 8 nitrogen and oxygen atoms in total. The third kappa shape index (κ3) is 5.26. The van der Waals surface area contributed by atoms with E-state index in [0.29, 0.717) is 5.69 Å². The third-order valence-corrected chi connectivity index (χ3v) is 5.81. The van der Waals surface area contributed by atoms with Gasteiger partial charge in [-0.05, 0) is 67.8 Å². The highest BCUT2D eigenvalue weighted by atomic mass is 16.5. The minimum atomic E-state index is -0.225. The summed E-state index contributed by atoms with van der Waals surface area (Å²) in [7, 11) is 1.61. The lowest BCUT2D eigenvalue weighted by atomic mass is 9.97. The molecule has 1 aromatic heterocycles. The quantitative estimate of drug-likeness (QED) is 0.595. The minimum absolute atomic E-state index is 0.0657. The smallest absolute Gasteiger partial charge is 0.348 e. The van der Waals surface area contributed by atoms with Crippen LogP contribution in [0.2, 0.25) is 0 Å². The summed E-state index contributed by atoms with van der Waals surface area (Å²) in [5.74, 6) is 1.61. The maximum atomic E-state index is 12.5. The number of H-pyrrole nitrogens is 1. The number of piperidine rings is 1. The molecule has 3 aromatic rings. The number of carbonyl (C=O) groups excluding carboxylic acids is 1. The second-order valence-corrected chi connectivity index (χ2v) is 8.20. The molecule has 0 aliphatic carbocycles. The van der Waals surface area contributed by atoms with Gasteiger partial charge >= 0.3 is 5.69 Å². The lowest BCUT2D eigenvalue weighted by Crippen LogP contribution is -2.36. The van der Waals surface area contributed by atoms with Crippen LogP contribution in [0.1, 0.15) is 37.1 Å². The SMILES string of the molecule is COc1ccc(-n2nc([C@H]3CCCN(CCc4cccc(NC(C)=O)c4)C3)[nH]c2=O)cc1. The molecule has 0 unspecified atom stereocenters. The molecule has 1 aliphatic heterocycles. The highest BCUT2D eigenvalue weighted by Crippen LogP contribution is 2.24. The molecule has 0 saturated carbocycles. The van der Waals surface area contributed by atoms with E-state index >= 15 is 0 Å². The number of nitrogens with zero attached hydrogens (tertiary/aromatic N) is 3. The molecule has 1 atom stereocenters. The van der Waals surface area contributed by atoms with Crippen LogP contribution in [0.5, 0.6) is 5.75 Å². The Kier molecular flexibility index (Phi) is 6.70. The molecule has 1 amide bonds. The zero-order valence-corrected chi connectivity index (χ0v) is 18.5. The molecule has 0 bridgehead atoms. The number of hydrogen-bond donors (Lipinski definition) is 2. The predicted octanol–water partition coefficient (Wildman–Crippen LogP) is 2.95. The van der Waals surface area contributed by atoms with Gasteiger partial charge in [0.2, 0.25) is 5.91 Å². The average molecular weight is 436 g/mol. The third-order valence-electron chi connectivity index (χ3n) is 5.81. The first-order chi connectivity index (χ1) is 15.5. The van der Waals surface area contributed by atoms with Crippen LogP contribution in [-0.2, 0) is 11.2 Å². The van der Waals surface area contributed by atoms with Gasteiger partial charge in [0.25, 0.3) is 0 Å². The summed E-state index contributed by atoms with van der Waals surface area (Å²) in [5, 5.41) is 7.43. The number of nitrogens with one attached hydrogen (secondary N) is 2. The van der Waals surface area contributed by atoms with Crippen molar-refractivity contribution in [3.63, 3.8) is 0 Å². The first-order valence-electron chi connectivity index (χ1n) is 10.9. The lowest BCUT2D eigenvalue weighted by molar-refractivity contribution is -0.114. The standard InChI is InChI=1S/C24H29N5O3/c1-17(30)25-20-7-3-5-18(15-20)12-14-28-13-4-6-19(16-28)23-26-24(31)29(27-23)21-8-10-22(32-2)11-9-21/h3,5,7-11,15,19H,4,6,12-14,16H2,1-2H3,(H,25,30)(H,26,27,31)/t19-/m0/s1. The second-order valence-electron chi connectivity index (χ2n) is 8.20. The molecule has 1 fully saturated rings. The first kappa shape index (κ1) is 21.8. The zero-order valence-electron chi connectivity index (χ0n) is 18.5. The number of carbonyl (C=O) groups is 1. The molecular weight excluding hydrogens is 406 g/mol. The van der Waals surface area contributed by atoms with Gasteiger partial charge < -0.3 is 15.0 Å². The van der Waals surface area contributed by atoms with E-state index in [-0.39, 0.29) is 17.5 Å². The fraction of sp³-hybridized carbons (Fsp3) is 0.375. The van der Waals surface area contributed by atoms with Gasteiger partial charge in [0.1, 0.15) is 11.6 Å². The van der Waals surface area contributed by atoms with Crippen LogP contribution in [-0.4, -0.2) is 52.3 Å². The van der Waals surface area contributed by atoms with Gasteiger partial charge in [-0.1, -0.05) is 12.1 Å². The van der Waals surface area contributed by atoms with Gasteiger partial charge in [-0.25, -0.2) is 4.79 Å². The fourth-order valence-corrected chi connectivity index (χ4v) is 4.20. The van der Waals surface area contributed by atoms with E-state index in [1.807, 2.05) is 42.5 Å². The Labute approximate surface area is 187 Å². The van der Waals surface area contributed by atoms with Gasteiger partial charge in [-0.3, -0.25) is 9.78 Å². The van der Waals surface area contributed by atoms with E-state index < -0.39 is 0 Å². The van der Waals surface area contributed by atoms with Crippen LogP contribution < -0.4 is 15.7 Å². The predicted molar refractivity (Wildman–Crippen MR) is 124 cm³/mol. The molecule has 1 aliphatic rings. The Balaban J connectivity index is 1.40. The Morgan fingerprint density at radius 2 is 2.06 bits per heavy atom. The topological polar surface area (TPSA) is 92.2 Å². The van der Waals surface area contributed by atoms with E-state index in [2.05, 4.69) is 26.4 Å². The molecular formula is C24H29N5O3. The van der Waals surface area contributed by atoms with Crippen LogP contribution in [0.4, 0.5) is 5.69 Å². The largest absolute Gasteiger partial charge is 0.497 e. The van der Waals surface area contributed by atoms with Crippen LogP contribution in [0.25, 0.3) is 5.69 Å². The number of aromatic amines is 1. The summed E-state index contributed by atoms with van der Waals surface area (Å²) in [6.45, 7) is 4.33. The van der Waals surface area contributed by atoms with Crippen molar-refractivity contribution in [1.29, 1.82) is 0 Å². The Morgan fingerprint density at radius 1 is 1.25 bits per heavy atom. The number of amides is 1. The van der Waals surface area contributed by atoms with Crippen molar-refractivity contribution in [1.82, 2.24) is 19.7 Å². The molecule has 8 heteroatoms. The maximum absolute atomic E-state index is 12.5. The van der Waals surface area contributed by atoms with Crippen molar-refractivity contribution in [3.8, 4) is 11.4 Å². The molecule has 168 valence electrons. The van der Waals surface area contributed by atoms with Gasteiger partial charge in [-0.15, -0.1) is 5.10 Å². The zero-order chi connectivity index (χ0) is 22.5. The monoisotopic (exact) mass is 435 g/mol. The Hall–Kier alpha value is -3.39. The molecule has 2 heterocycles. The number of aromatic nitrogens is 3. The van der Waals surface area contributed by atoms with Crippen LogP contribution in [0, 0.1) is 0 Å². The van der Waals surface area contributed by atoms with Gasteiger partial charge in [-0.2, -0.15) is 4.68 Å². The van der Waals surface area contributed by atoms with Crippen molar-refractivity contribution in [2.24, 2.45) is 0 Å². The maximum Gasteiger partial charge on any atom is 0.348 e. The summed E-state index contributed by atoms with van der Waals surface area (Å²) >= 11 is 0. The van der Waals surface area contributed by atoms with Crippen molar-refractivity contribution in [2.75, 3.05) is 32.1 Å². The van der Waals surface area contributed by atoms with Gasteiger partial charge in [0, 0.05) is 31.6 Å². The fourth-order valence-electron chi connectivity index (χ4n) is 4.20. The van der Waals surface area contributed by atoms with E-state index in [9.17, 15) is 9.59 Å². The average Bonchev–Trinajstić information content (AvgIpc) is 3.19. The number of methoxy groups -OCH3 is 1. The second kappa shape index (κ2) is 9.82. The van der Waals surface area contributed by atoms with Crippen LogP contribution in [0.3, 0.4) is 0 Å². The van der Waals surface area contributed by atoms with Gasteiger partial charge in [0.15, 0.2) is 0 Å². The molecule has 1 saturated heterocycles. The normalized spacial score (nSPS) is 16.6. The van der Waals surface area contributed by atoms with Crippen LogP contribution in [0.15, 0.2) is 53.3 Å². The molecule has 0 spiro atoms. The number of rotatable bonds is 7. The van der Waals surface area contributed by atoms with E-state index in [1.54, 1.807) is 7.11 Å². The van der Waals surface area contributed by atoms with E-state index in [1.165, 1.54) is 17.2 Å². The number of hydrogen-bond acceptors (Lipinski definition) is 5. The van der Waals surface area contributed by atoms with E-state index in [0.717, 1.165) is 56.2 Å². The van der Waals surface area contributed by atoms with Crippen LogP contribution >= 0.6 is 0 Å². The Morgan fingerprint density at radius 3 is 2.81 bits per heavy atom. The number of anilines is 1. The number of ether oxygens (including phenoxy) is 1. The van der Waals surface area contributed by atoms with Crippen molar-refractivity contribution >= 4 is 11.6 Å². The lowest BCUT2D eigenvalue weighted by Gasteiger charge is -2.31. The van der Waals surface area contributed by atoms with Crippen molar-refractivity contribution < 1.29 is 9.53 Å². The summed E-state index contributed by atoms with van der Waals surface area (Å²) in [4.78, 5) is 29.2. The van der Waals surface area contributed by atoms with Crippen molar-refractivity contribution in [2.45, 2.75) is 32.1 Å². The summed E-state index contributed by atoms with van der Waals surface area (Å²) in [6, 6.07) is 15.3. The van der Waals surface area contributed by atoms with Gasteiger partial charge in [0.05, 0.1) is 12.8 Å². The number of benzene rings is 2. The minimum Gasteiger partial charge on any atom is -0.497 e. The molecule has 2 aromatic carbocycles. The molecule has 32 heavy (non-hydrogen) atoms. The first-order valence-corrected chi connectivity index (χ1v) is 10.9. The summed E-state index contributed by atoms with van der Waals surface area (Å²) < 4.78 is 6.60. The molecule has 0 radical (unpaired) electrons.